The Balaban J connectivity index is 2.58. The Kier molecular flexibility index (Phi) is 3.19. The predicted octanol–water partition coefficient (Wildman–Crippen LogP) is 1.17. The number of aromatic nitrogens is 1. The fraction of sp³-hybridized carbons (Fsp3) is 0.143. The highest BCUT2D eigenvalue weighted by molar-refractivity contribution is 8.00. The van der Waals surface area contributed by atoms with Crippen molar-refractivity contribution >= 4 is 34.9 Å². The number of anilines is 1. The average Bonchev–Trinajstić information content (AvgIpc) is 2.06. The summed E-state index contributed by atoms with van der Waals surface area (Å²) < 4.78 is 0.381. The molecule has 3 nitrogen and oxygen atoms in total. The molecule has 0 atom stereocenters. The van der Waals surface area contributed by atoms with Crippen LogP contribution >= 0.6 is 12.2 Å². The lowest BCUT2D eigenvalue weighted by Gasteiger charge is -2.24. The van der Waals surface area contributed by atoms with Gasteiger partial charge in [0.05, 0.1) is 5.69 Å². The maximum absolute atomic E-state index is 4.78. The fourth-order valence-electron chi connectivity index (χ4n) is 0.666. The molecule has 0 radical (unpaired) electrons. The molecule has 64 valence electrons. The number of hydrogen-bond acceptors (Lipinski definition) is 4. The molecule has 0 unspecified atom stereocenters. The fourth-order valence-corrected chi connectivity index (χ4v) is 0.757. The standard InChI is InChI=1S/C7H9N3S2/c1-10(7(11)12)9-6-2-4-8-5-3-6/h2-5H,1H3,(H,8,9)(H,11,12)/p-1. The lowest BCUT2D eigenvalue weighted by molar-refractivity contribution is 0.633. The molecule has 0 fully saturated rings. The van der Waals surface area contributed by atoms with Gasteiger partial charge in [-0.3, -0.25) is 4.98 Å². The Hall–Kier alpha value is -0.940. The molecule has 0 bridgehead atoms. The normalized spacial score (nSPS) is 9.08. The molecule has 0 spiro atoms. The maximum atomic E-state index is 4.78. The lowest BCUT2D eigenvalue weighted by atomic mass is 10.4. The molecular weight excluding hydrogens is 190 g/mol. The number of hydrazine groups is 1. The molecule has 1 heterocycles. The minimum Gasteiger partial charge on any atom is -0.409 e. The zero-order valence-corrected chi connectivity index (χ0v) is 8.15. The van der Waals surface area contributed by atoms with Gasteiger partial charge in [-0.1, -0.05) is 0 Å². The Morgan fingerprint density at radius 3 is 2.67 bits per heavy atom. The largest absolute Gasteiger partial charge is 0.409 e. The minimum atomic E-state index is 0.381. The van der Waals surface area contributed by atoms with Crippen molar-refractivity contribution in [3.05, 3.63) is 24.5 Å². The summed E-state index contributed by atoms with van der Waals surface area (Å²) >= 11 is 9.56. The van der Waals surface area contributed by atoms with E-state index in [0.29, 0.717) is 4.32 Å². The van der Waals surface area contributed by atoms with Crippen molar-refractivity contribution in [1.29, 1.82) is 0 Å². The number of rotatable bonds is 2. The molecule has 1 rings (SSSR count). The molecule has 1 aromatic rings. The summed E-state index contributed by atoms with van der Waals surface area (Å²) in [5.74, 6) is 0. The molecule has 0 saturated heterocycles. The maximum Gasteiger partial charge on any atom is 0.0572 e. The van der Waals surface area contributed by atoms with Gasteiger partial charge in [0.15, 0.2) is 0 Å². The van der Waals surface area contributed by atoms with Crippen molar-refractivity contribution in [2.24, 2.45) is 0 Å². The van der Waals surface area contributed by atoms with Crippen LogP contribution < -0.4 is 5.43 Å². The van der Waals surface area contributed by atoms with E-state index in [1.165, 1.54) is 0 Å². The second-order valence-corrected chi connectivity index (χ2v) is 3.20. The van der Waals surface area contributed by atoms with Gasteiger partial charge in [0, 0.05) is 19.4 Å². The molecule has 12 heavy (non-hydrogen) atoms. The highest BCUT2D eigenvalue weighted by Gasteiger charge is 1.91. The van der Waals surface area contributed by atoms with E-state index < -0.39 is 0 Å². The van der Waals surface area contributed by atoms with Crippen LogP contribution in [0.3, 0.4) is 0 Å². The number of thiocarbonyl (C=S) groups is 1. The first kappa shape index (κ1) is 9.15. The van der Waals surface area contributed by atoms with Crippen molar-refractivity contribution in [2.75, 3.05) is 12.5 Å². The van der Waals surface area contributed by atoms with Gasteiger partial charge in [-0.15, -0.1) is 0 Å². The molecule has 0 aromatic carbocycles. The Labute approximate surface area is 82.2 Å². The van der Waals surface area contributed by atoms with Crippen LogP contribution in [0.25, 0.3) is 0 Å². The highest BCUT2D eigenvalue weighted by atomic mass is 32.1. The first-order valence-electron chi connectivity index (χ1n) is 3.31. The van der Waals surface area contributed by atoms with E-state index in [-0.39, 0.29) is 0 Å². The number of nitrogens with one attached hydrogen (secondary N) is 1. The van der Waals surface area contributed by atoms with Crippen LogP contribution in [0.15, 0.2) is 24.5 Å². The van der Waals surface area contributed by atoms with Crippen LogP contribution in [-0.2, 0) is 12.6 Å². The lowest BCUT2D eigenvalue weighted by Crippen LogP contribution is -2.29. The predicted molar refractivity (Wildman–Crippen MR) is 55.6 cm³/mol. The van der Waals surface area contributed by atoms with Gasteiger partial charge in [0.25, 0.3) is 0 Å². The average molecular weight is 198 g/mol. The zero-order valence-electron chi connectivity index (χ0n) is 6.52. The third-order valence-electron chi connectivity index (χ3n) is 1.25. The van der Waals surface area contributed by atoms with Gasteiger partial charge in [-0.05, 0) is 16.5 Å². The molecule has 0 saturated carbocycles. The quantitative estimate of drug-likeness (QED) is 0.437. The van der Waals surface area contributed by atoms with Crippen LogP contribution in [0.5, 0.6) is 0 Å². The van der Waals surface area contributed by atoms with Crippen LogP contribution in [0, 0.1) is 0 Å². The first-order valence-corrected chi connectivity index (χ1v) is 4.13. The Morgan fingerprint density at radius 2 is 2.17 bits per heavy atom. The summed E-state index contributed by atoms with van der Waals surface area (Å²) in [6, 6.07) is 3.67. The van der Waals surface area contributed by atoms with Gasteiger partial charge >= 0.3 is 0 Å². The van der Waals surface area contributed by atoms with E-state index >= 15 is 0 Å². The van der Waals surface area contributed by atoms with E-state index in [1.807, 2.05) is 12.1 Å². The Bertz CT molecular complexity index is 263. The van der Waals surface area contributed by atoms with Crippen molar-refractivity contribution in [1.82, 2.24) is 9.99 Å². The topological polar surface area (TPSA) is 28.2 Å². The monoisotopic (exact) mass is 198 g/mol. The Morgan fingerprint density at radius 1 is 1.58 bits per heavy atom. The molecule has 1 aromatic heterocycles. The SMILES string of the molecule is CN(Nc1ccncc1)C(=S)[S-]. The second-order valence-electron chi connectivity index (χ2n) is 2.17. The second kappa shape index (κ2) is 4.18. The molecule has 0 amide bonds. The first-order chi connectivity index (χ1) is 5.70. The summed E-state index contributed by atoms with van der Waals surface area (Å²) in [5, 5.41) is 1.60. The molecule has 0 aliphatic carbocycles. The summed E-state index contributed by atoms with van der Waals surface area (Å²) in [7, 11) is 1.77. The smallest absolute Gasteiger partial charge is 0.0572 e. The summed E-state index contributed by atoms with van der Waals surface area (Å²) in [4.78, 5) is 3.88. The molecule has 0 aliphatic rings. The van der Waals surface area contributed by atoms with Crippen LogP contribution in [0.4, 0.5) is 5.69 Å². The molecule has 5 heteroatoms. The third kappa shape index (κ3) is 2.60. The van der Waals surface area contributed by atoms with Gasteiger partial charge in [-0.25, -0.2) is 0 Å². The van der Waals surface area contributed by atoms with Crippen LogP contribution in [0.2, 0.25) is 0 Å². The van der Waals surface area contributed by atoms with E-state index in [1.54, 1.807) is 24.5 Å². The van der Waals surface area contributed by atoms with Gasteiger partial charge in [0.1, 0.15) is 0 Å². The summed E-state index contributed by atoms with van der Waals surface area (Å²) in [6.45, 7) is 0. The summed E-state index contributed by atoms with van der Waals surface area (Å²) in [6.07, 6.45) is 3.39. The van der Waals surface area contributed by atoms with Gasteiger partial charge in [-0.2, -0.15) is 0 Å². The van der Waals surface area contributed by atoms with Crippen molar-refractivity contribution in [3.8, 4) is 0 Å². The van der Waals surface area contributed by atoms with E-state index in [9.17, 15) is 0 Å². The number of hydrogen-bond donors (Lipinski definition) is 1. The summed E-state index contributed by atoms with van der Waals surface area (Å²) in [5.41, 5.74) is 3.91. The number of pyridine rings is 1. The molecular formula is C7H8N3S2-. The van der Waals surface area contributed by atoms with Crippen molar-refractivity contribution in [3.63, 3.8) is 0 Å². The van der Waals surface area contributed by atoms with Crippen LogP contribution in [0.1, 0.15) is 0 Å². The van der Waals surface area contributed by atoms with Crippen molar-refractivity contribution in [2.45, 2.75) is 0 Å². The van der Waals surface area contributed by atoms with Gasteiger partial charge < -0.3 is 35.3 Å². The van der Waals surface area contributed by atoms with Crippen LogP contribution in [-0.4, -0.2) is 21.4 Å². The van der Waals surface area contributed by atoms with Crippen molar-refractivity contribution < 1.29 is 0 Å². The number of nitrogens with zero attached hydrogens (tertiary/aromatic N) is 2. The zero-order chi connectivity index (χ0) is 8.97. The van der Waals surface area contributed by atoms with E-state index in [2.05, 4.69) is 10.4 Å². The van der Waals surface area contributed by atoms with E-state index in [0.717, 1.165) is 5.69 Å². The third-order valence-corrected chi connectivity index (χ3v) is 1.80. The molecule has 1 N–H and O–H groups in total. The minimum absolute atomic E-state index is 0.381. The molecule has 0 aliphatic heterocycles. The van der Waals surface area contributed by atoms with E-state index in [4.69, 9.17) is 24.8 Å². The highest BCUT2D eigenvalue weighted by Crippen LogP contribution is 2.03. The van der Waals surface area contributed by atoms with Gasteiger partial charge in [0.2, 0.25) is 0 Å².